The van der Waals surface area contributed by atoms with Crippen LogP contribution < -0.4 is 5.48 Å². The van der Waals surface area contributed by atoms with E-state index in [9.17, 15) is 9.59 Å². The Bertz CT molecular complexity index is 187. The topological polar surface area (TPSA) is 75.6 Å². The van der Waals surface area contributed by atoms with Crippen LogP contribution in [-0.2, 0) is 14.4 Å². The standard InChI is InChI=1S/C6H9NO4/c1-4(2)6(10)11-7-3-5(8)9/h7H,1,3H2,2H3,(H,8,9). The fraction of sp³-hybridized carbons (Fsp3) is 0.333. The number of carbonyl (C=O) groups is 2. The number of hydroxylamine groups is 1. The molecule has 0 aromatic heterocycles. The largest absolute Gasteiger partial charge is 0.480 e. The van der Waals surface area contributed by atoms with Gasteiger partial charge in [0.2, 0.25) is 0 Å². The maximum atomic E-state index is 10.5. The molecule has 5 heteroatoms. The third kappa shape index (κ3) is 5.10. The second-order valence-electron chi connectivity index (χ2n) is 1.88. The Balaban J connectivity index is 3.47. The number of carboxylic acids is 1. The molecule has 2 N–H and O–H groups in total. The molecule has 0 aliphatic rings. The van der Waals surface area contributed by atoms with Crippen molar-refractivity contribution in [1.29, 1.82) is 0 Å². The number of carboxylic acid groups (broad SMARTS) is 1. The van der Waals surface area contributed by atoms with Gasteiger partial charge in [0.15, 0.2) is 0 Å². The predicted octanol–water partition coefficient (Wildman–Crippen LogP) is -0.305. The lowest BCUT2D eigenvalue weighted by Crippen LogP contribution is -2.26. The van der Waals surface area contributed by atoms with Crippen LogP contribution >= 0.6 is 0 Å². The first kappa shape index (κ1) is 9.64. The van der Waals surface area contributed by atoms with Crippen molar-refractivity contribution in [3.05, 3.63) is 12.2 Å². The van der Waals surface area contributed by atoms with E-state index in [0.717, 1.165) is 0 Å². The van der Waals surface area contributed by atoms with Crippen molar-refractivity contribution >= 4 is 11.9 Å². The number of hydrogen-bond acceptors (Lipinski definition) is 4. The van der Waals surface area contributed by atoms with Crippen LogP contribution in [0.25, 0.3) is 0 Å². The van der Waals surface area contributed by atoms with Gasteiger partial charge in [-0.3, -0.25) is 4.79 Å². The Morgan fingerprint density at radius 3 is 2.55 bits per heavy atom. The summed E-state index contributed by atoms with van der Waals surface area (Å²) in [6.07, 6.45) is 0. The molecular formula is C6H9NO4. The van der Waals surface area contributed by atoms with Crippen molar-refractivity contribution < 1.29 is 19.5 Å². The molecule has 0 bridgehead atoms. The highest BCUT2D eigenvalue weighted by atomic mass is 16.7. The molecule has 0 saturated carbocycles. The summed E-state index contributed by atoms with van der Waals surface area (Å²) in [6, 6.07) is 0. The van der Waals surface area contributed by atoms with Crippen LogP contribution in [-0.4, -0.2) is 23.6 Å². The van der Waals surface area contributed by atoms with Crippen LogP contribution in [0.4, 0.5) is 0 Å². The summed E-state index contributed by atoms with van der Waals surface area (Å²) in [6.45, 7) is 4.34. The smallest absolute Gasteiger partial charge is 0.351 e. The van der Waals surface area contributed by atoms with Crippen LogP contribution in [0.5, 0.6) is 0 Å². The van der Waals surface area contributed by atoms with Crippen molar-refractivity contribution in [2.75, 3.05) is 6.54 Å². The Kier molecular flexibility index (Phi) is 3.90. The van der Waals surface area contributed by atoms with E-state index in [4.69, 9.17) is 5.11 Å². The highest BCUT2D eigenvalue weighted by Crippen LogP contribution is 1.87. The van der Waals surface area contributed by atoms with E-state index in [-0.39, 0.29) is 5.57 Å². The summed E-state index contributed by atoms with van der Waals surface area (Å²) in [5, 5.41) is 8.09. The molecule has 0 aromatic rings. The van der Waals surface area contributed by atoms with Crippen LogP contribution in [0.15, 0.2) is 12.2 Å². The van der Waals surface area contributed by atoms with Crippen molar-refractivity contribution in [2.45, 2.75) is 6.92 Å². The number of nitrogens with one attached hydrogen (secondary N) is 1. The molecule has 0 heterocycles. The summed E-state index contributed by atoms with van der Waals surface area (Å²) in [4.78, 5) is 24.7. The van der Waals surface area contributed by atoms with Gasteiger partial charge in [0.25, 0.3) is 0 Å². The molecule has 0 aliphatic carbocycles. The van der Waals surface area contributed by atoms with E-state index in [1.807, 2.05) is 5.48 Å². The van der Waals surface area contributed by atoms with Gasteiger partial charge in [-0.25, -0.2) is 4.79 Å². The van der Waals surface area contributed by atoms with Gasteiger partial charge < -0.3 is 9.94 Å². The van der Waals surface area contributed by atoms with Crippen molar-refractivity contribution in [2.24, 2.45) is 0 Å². The monoisotopic (exact) mass is 159 g/mol. The molecule has 0 atom stereocenters. The molecule has 62 valence electrons. The molecule has 0 amide bonds. The van der Waals surface area contributed by atoms with E-state index in [1.54, 1.807) is 0 Å². The zero-order chi connectivity index (χ0) is 8.85. The predicted molar refractivity (Wildman–Crippen MR) is 36.5 cm³/mol. The second-order valence-corrected chi connectivity index (χ2v) is 1.88. The first-order chi connectivity index (χ1) is 5.04. The van der Waals surface area contributed by atoms with Crippen molar-refractivity contribution in [3.63, 3.8) is 0 Å². The first-order valence-corrected chi connectivity index (χ1v) is 2.85. The highest BCUT2D eigenvalue weighted by Gasteiger charge is 2.03. The normalized spacial score (nSPS) is 8.82. The summed E-state index contributed by atoms with van der Waals surface area (Å²) in [5.74, 6) is -1.76. The minimum Gasteiger partial charge on any atom is -0.480 e. The summed E-state index contributed by atoms with van der Waals surface area (Å²) in [5.41, 5.74) is 2.17. The summed E-state index contributed by atoms with van der Waals surface area (Å²) in [7, 11) is 0. The summed E-state index contributed by atoms with van der Waals surface area (Å²) >= 11 is 0. The molecule has 0 unspecified atom stereocenters. The molecule has 5 nitrogen and oxygen atoms in total. The fourth-order valence-corrected chi connectivity index (χ4v) is 0.250. The molecule has 0 radical (unpaired) electrons. The van der Waals surface area contributed by atoms with Gasteiger partial charge in [-0.05, 0) is 6.92 Å². The molecule has 0 aromatic carbocycles. The Morgan fingerprint density at radius 1 is 1.64 bits per heavy atom. The minimum absolute atomic E-state index is 0.211. The molecule has 0 saturated heterocycles. The number of hydrogen-bond donors (Lipinski definition) is 2. The van der Waals surface area contributed by atoms with E-state index in [2.05, 4.69) is 11.4 Å². The zero-order valence-corrected chi connectivity index (χ0v) is 6.09. The summed E-state index contributed by atoms with van der Waals surface area (Å²) < 4.78 is 0. The molecular weight excluding hydrogens is 150 g/mol. The Hall–Kier alpha value is -1.36. The maximum absolute atomic E-state index is 10.5. The van der Waals surface area contributed by atoms with Gasteiger partial charge in [-0.2, -0.15) is 0 Å². The average Bonchev–Trinajstić information content (AvgIpc) is 1.86. The van der Waals surface area contributed by atoms with E-state index in [1.165, 1.54) is 6.92 Å². The van der Waals surface area contributed by atoms with Gasteiger partial charge >= 0.3 is 11.9 Å². The number of carbonyl (C=O) groups excluding carboxylic acids is 1. The quantitative estimate of drug-likeness (QED) is 0.435. The molecule has 0 aliphatic heterocycles. The molecule has 0 fully saturated rings. The highest BCUT2D eigenvalue weighted by molar-refractivity contribution is 5.86. The minimum atomic E-state index is -1.10. The molecule has 11 heavy (non-hydrogen) atoms. The average molecular weight is 159 g/mol. The van der Waals surface area contributed by atoms with E-state index < -0.39 is 18.5 Å². The van der Waals surface area contributed by atoms with Gasteiger partial charge in [0.05, 0.1) is 0 Å². The van der Waals surface area contributed by atoms with Crippen molar-refractivity contribution in [1.82, 2.24) is 5.48 Å². The molecule has 0 spiro atoms. The number of rotatable bonds is 4. The fourth-order valence-electron chi connectivity index (χ4n) is 0.250. The Morgan fingerprint density at radius 2 is 2.18 bits per heavy atom. The number of aliphatic carboxylic acids is 1. The van der Waals surface area contributed by atoms with E-state index in [0.29, 0.717) is 0 Å². The lowest BCUT2D eigenvalue weighted by molar-refractivity contribution is -0.149. The SMILES string of the molecule is C=C(C)C(=O)ONCC(=O)O. The van der Waals surface area contributed by atoms with Gasteiger partial charge in [-0.1, -0.05) is 6.58 Å². The Labute approximate surface area is 63.6 Å². The van der Waals surface area contributed by atoms with Gasteiger partial charge in [0, 0.05) is 5.57 Å². The van der Waals surface area contributed by atoms with Gasteiger partial charge in [-0.15, -0.1) is 5.48 Å². The third-order valence-corrected chi connectivity index (χ3v) is 0.737. The van der Waals surface area contributed by atoms with E-state index >= 15 is 0 Å². The second kappa shape index (κ2) is 4.45. The maximum Gasteiger partial charge on any atom is 0.351 e. The van der Waals surface area contributed by atoms with Crippen LogP contribution in [0.2, 0.25) is 0 Å². The molecule has 0 rings (SSSR count). The van der Waals surface area contributed by atoms with Crippen LogP contribution in [0, 0.1) is 0 Å². The third-order valence-electron chi connectivity index (χ3n) is 0.737. The first-order valence-electron chi connectivity index (χ1n) is 2.85. The zero-order valence-electron chi connectivity index (χ0n) is 6.09. The lowest BCUT2D eigenvalue weighted by Gasteiger charge is -2.01. The van der Waals surface area contributed by atoms with Crippen molar-refractivity contribution in [3.8, 4) is 0 Å². The van der Waals surface area contributed by atoms with Crippen LogP contribution in [0.3, 0.4) is 0 Å². The lowest BCUT2D eigenvalue weighted by atomic mass is 10.4. The van der Waals surface area contributed by atoms with Gasteiger partial charge in [0.1, 0.15) is 6.54 Å². The van der Waals surface area contributed by atoms with Crippen LogP contribution in [0.1, 0.15) is 6.92 Å².